The second-order valence-electron chi connectivity index (χ2n) is 6.51. The number of nitrogens with zero attached hydrogens (tertiary/aromatic N) is 5. The summed E-state index contributed by atoms with van der Waals surface area (Å²) >= 11 is 5.79. The highest BCUT2D eigenvalue weighted by Crippen LogP contribution is 2.33. The van der Waals surface area contributed by atoms with E-state index in [4.69, 9.17) is 17.3 Å². The smallest absolute Gasteiger partial charge is 0.378 e. The van der Waals surface area contributed by atoms with Crippen LogP contribution in [-0.4, -0.2) is 24.4 Å². The van der Waals surface area contributed by atoms with E-state index in [1.54, 1.807) is 18.2 Å². The predicted octanol–water partition coefficient (Wildman–Crippen LogP) is 4.19. The van der Waals surface area contributed by atoms with Crippen molar-refractivity contribution in [3.63, 3.8) is 0 Å². The van der Waals surface area contributed by atoms with Gasteiger partial charge >= 0.3 is 11.9 Å². The van der Waals surface area contributed by atoms with Gasteiger partial charge in [-0.15, -0.1) is 0 Å². The molecule has 0 spiro atoms. The van der Waals surface area contributed by atoms with Gasteiger partial charge in [-0.2, -0.15) is 18.2 Å². The fourth-order valence-corrected chi connectivity index (χ4v) is 3.32. The Morgan fingerprint density at radius 2 is 1.97 bits per heavy atom. The van der Waals surface area contributed by atoms with Gasteiger partial charge in [-0.05, 0) is 29.1 Å². The second kappa shape index (κ2) is 7.90. The minimum Gasteiger partial charge on any atom is -0.378 e. The molecule has 3 rings (SSSR count). The lowest BCUT2D eigenvalue weighted by atomic mass is 9.98. The van der Waals surface area contributed by atoms with Crippen LogP contribution < -0.4 is 5.73 Å². The van der Waals surface area contributed by atoms with Gasteiger partial charge in [0.15, 0.2) is 5.69 Å². The van der Waals surface area contributed by atoms with Crippen molar-refractivity contribution >= 4 is 23.1 Å². The number of benzene rings is 1. The molecule has 0 radical (unpaired) electrons. The third kappa shape index (κ3) is 4.20. The van der Waals surface area contributed by atoms with Gasteiger partial charge in [-0.3, -0.25) is 10.1 Å². The molecular weight excluding hydrogens is 425 g/mol. The average molecular weight is 441 g/mol. The maximum Gasteiger partial charge on any atom is 0.434 e. The number of hydrogen-bond acceptors (Lipinski definition) is 6. The Morgan fingerprint density at radius 3 is 2.53 bits per heavy atom. The van der Waals surface area contributed by atoms with E-state index in [2.05, 4.69) is 15.0 Å². The Morgan fingerprint density at radius 1 is 1.27 bits per heavy atom. The molecule has 2 aromatic heterocycles. The van der Waals surface area contributed by atoms with Gasteiger partial charge in [-0.25, -0.2) is 9.97 Å². The molecule has 1 aromatic carbocycles. The first-order chi connectivity index (χ1) is 14.0. The fraction of sp³-hybridized carbons (Fsp3) is 0.278. The van der Waals surface area contributed by atoms with Crippen molar-refractivity contribution in [2.24, 2.45) is 7.05 Å². The molecule has 8 nitrogen and oxygen atoms in total. The van der Waals surface area contributed by atoms with Crippen molar-refractivity contribution in [3.8, 4) is 11.4 Å². The number of imidazole rings is 1. The highest BCUT2D eigenvalue weighted by molar-refractivity contribution is 6.28. The minimum absolute atomic E-state index is 0.0450. The molecule has 30 heavy (non-hydrogen) atoms. The van der Waals surface area contributed by atoms with Crippen LogP contribution >= 0.6 is 11.6 Å². The van der Waals surface area contributed by atoms with Crippen LogP contribution in [0.15, 0.2) is 24.4 Å². The number of hydrogen-bond donors (Lipinski definition) is 1. The molecule has 0 aliphatic heterocycles. The summed E-state index contributed by atoms with van der Waals surface area (Å²) < 4.78 is 40.3. The minimum atomic E-state index is -4.55. The number of nitro groups is 1. The molecule has 0 saturated heterocycles. The van der Waals surface area contributed by atoms with Crippen molar-refractivity contribution in [1.82, 2.24) is 19.5 Å². The first kappa shape index (κ1) is 21.5. The van der Waals surface area contributed by atoms with Crippen LogP contribution in [0.2, 0.25) is 5.28 Å². The Labute approximate surface area is 173 Å². The summed E-state index contributed by atoms with van der Waals surface area (Å²) in [6.45, 7) is 1.85. The summed E-state index contributed by atoms with van der Waals surface area (Å²) in [5.74, 6) is -0.166. The molecule has 0 amide bonds. The maximum atomic E-state index is 13.0. The summed E-state index contributed by atoms with van der Waals surface area (Å²) in [5.41, 5.74) is 6.16. The lowest BCUT2D eigenvalue weighted by Gasteiger charge is -2.11. The molecule has 12 heteroatoms. The lowest BCUT2D eigenvalue weighted by Crippen LogP contribution is -2.07. The predicted molar refractivity (Wildman–Crippen MR) is 104 cm³/mol. The van der Waals surface area contributed by atoms with Crippen molar-refractivity contribution in [2.45, 2.75) is 25.9 Å². The molecule has 158 valence electrons. The number of aromatic nitrogens is 4. The number of alkyl halides is 3. The quantitative estimate of drug-likeness (QED) is 0.361. The highest BCUT2D eigenvalue weighted by Gasteiger charge is 2.34. The van der Waals surface area contributed by atoms with Gasteiger partial charge < -0.3 is 10.3 Å². The molecule has 2 heterocycles. The zero-order chi connectivity index (χ0) is 22.2. The largest absolute Gasteiger partial charge is 0.434 e. The molecule has 0 aliphatic rings. The summed E-state index contributed by atoms with van der Waals surface area (Å²) in [5, 5.41) is 11.1. The first-order valence-corrected chi connectivity index (χ1v) is 9.08. The molecule has 0 saturated carbocycles. The number of anilines is 1. The number of nitrogen functional groups attached to an aromatic ring is 1. The molecule has 0 fully saturated rings. The Bertz CT molecular complexity index is 1130. The third-order valence-corrected chi connectivity index (χ3v) is 4.64. The Hall–Kier alpha value is -3.21. The Kier molecular flexibility index (Phi) is 5.66. The van der Waals surface area contributed by atoms with Crippen LogP contribution in [0.25, 0.3) is 11.4 Å². The van der Waals surface area contributed by atoms with E-state index in [1.165, 1.54) is 11.6 Å². The number of rotatable bonds is 5. The molecule has 3 aromatic rings. The van der Waals surface area contributed by atoms with Crippen LogP contribution in [0.4, 0.5) is 24.7 Å². The monoisotopic (exact) mass is 440 g/mol. The molecular formula is C18H16ClF3N6O2. The molecule has 0 aliphatic carbocycles. The fourth-order valence-electron chi connectivity index (χ4n) is 3.13. The molecule has 2 N–H and O–H groups in total. The third-order valence-electron chi connectivity index (χ3n) is 4.47. The van der Waals surface area contributed by atoms with E-state index in [9.17, 15) is 23.3 Å². The average Bonchev–Trinajstić information content (AvgIpc) is 3.02. The van der Waals surface area contributed by atoms with Gasteiger partial charge in [0, 0.05) is 25.2 Å². The number of halogens is 4. The van der Waals surface area contributed by atoms with Crippen molar-refractivity contribution in [1.29, 1.82) is 0 Å². The van der Waals surface area contributed by atoms with Gasteiger partial charge in [0.1, 0.15) is 11.5 Å². The van der Waals surface area contributed by atoms with Crippen LogP contribution in [0.3, 0.4) is 0 Å². The first-order valence-electron chi connectivity index (χ1n) is 8.70. The van der Waals surface area contributed by atoms with Crippen LogP contribution in [0.5, 0.6) is 0 Å². The molecule has 0 unspecified atom stereocenters. The van der Waals surface area contributed by atoms with Crippen molar-refractivity contribution < 1.29 is 18.1 Å². The summed E-state index contributed by atoms with van der Waals surface area (Å²) in [7, 11) is 1.49. The van der Waals surface area contributed by atoms with E-state index in [1.807, 2.05) is 6.92 Å². The van der Waals surface area contributed by atoms with Crippen molar-refractivity contribution in [3.05, 3.63) is 62.3 Å². The van der Waals surface area contributed by atoms with Gasteiger partial charge in [0.2, 0.25) is 11.1 Å². The standard InChI is InChI=1S/C18H16ClF3N6O2/c1-3-10-6-9(7-12-14(28(29)30)15(23)26-17(19)24-12)4-5-11(10)16-25-13(8-27(16)2)18(20,21)22/h4-6,8H,3,7H2,1-2H3,(H2,23,24,26). The van der Waals surface area contributed by atoms with E-state index >= 15 is 0 Å². The van der Waals surface area contributed by atoms with Crippen LogP contribution in [-0.2, 0) is 26.1 Å². The molecule has 0 bridgehead atoms. The number of nitrogens with two attached hydrogens (primary N) is 1. The van der Waals surface area contributed by atoms with Crippen LogP contribution in [0.1, 0.15) is 29.4 Å². The zero-order valence-electron chi connectivity index (χ0n) is 15.9. The summed E-state index contributed by atoms with van der Waals surface area (Å²) in [6.07, 6.45) is -3.07. The highest BCUT2D eigenvalue weighted by atomic mass is 35.5. The lowest BCUT2D eigenvalue weighted by molar-refractivity contribution is -0.385. The van der Waals surface area contributed by atoms with Crippen LogP contribution in [0, 0.1) is 10.1 Å². The maximum absolute atomic E-state index is 13.0. The van der Waals surface area contributed by atoms with Gasteiger partial charge in [-0.1, -0.05) is 25.1 Å². The molecule has 0 atom stereocenters. The zero-order valence-corrected chi connectivity index (χ0v) is 16.6. The van der Waals surface area contributed by atoms with E-state index in [0.717, 1.165) is 11.8 Å². The summed E-state index contributed by atoms with van der Waals surface area (Å²) in [6, 6.07) is 5.02. The van der Waals surface area contributed by atoms with E-state index < -0.39 is 22.5 Å². The number of aryl methyl sites for hydroxylation is 2. The van der Waals surface area contributed by atoms with E-state index in [0.29, 0.717) is 17.5 Å². The Balaban J connectivity index is 2.03. The topological polar surface area (TPSA) is 113 Å². The van der Waals surface area contributed by atoms with Gasteiger partial charge in [0.25, 0.3) is 0 Å². The van der Waals surface area contributed by atoms with Gasteiger partial charge in [0.05, 0.1) is 4.92 Å². The SMILES string of the molecule is CCc1cc(Cc2nc(Cl)nc(N)c2[N+](=O)[O-])ccc1-c1nc(C(F)(F)F)cn1C. The summed E-state index contributed by atoms with van der Waals surface area (Å²) in [4.78, 5) is 21.9. The van der Waals surface area contributed by atoms with Crippen molar-refractivity contribution in [2.75, 3.05) is 5.73 Å². The second-order valence-corrected chi connectivity index (χ2v) is 6.85. The normalized spacial score (nSPS) is 11.7. The van der Waals surface area contributed by atoms with E-state index in [-0.39, 0.29) is 29.0 Å².